The largest absolute Gasteiger partial charge is 0.345 e. The zero-order valence-corrected chi connectivity index (χ0v) is 16.4. The first-order valence-corrected chi connectivity index (χ1v) is 9.68. The van der Waals surface area contributed by atoms with E-state index < -0.39 is 0 Å². The van der Waals surface area contributed by atoms with E-state index in [-0.39, 0.29) is 11.8 Å². The number of rotatable bonds is 4. The van der Waals surface area contributed by atoms with Crippen LogP contribution in [-0.2, 0) is 26.7 Å². The first-order chi connectivity index (χ1) is 14.6. The molecule has 2 amide bonds. The Morgan fingerprint density at radius 3 is 2.80 bits per heavy atom. The van der Waals surface area contributed by atoms with Crippen molar-refractivity contribution >= 4 is 22.6 Å². The molecule has 30 heavy (non-hydrogen) atoms. The quantitative estimate of drug-likeness (QED) is 0.550. The van der Waals surface area contributed by atoms with Gasteiger partial charge in [-0.1, -0.05) is 36.4 Å². The summed E-state index contributed by atoms with van der Waals surface area (Å²) >= 11 is 0. The van der Waals surface area contributed by atoms with E-state index in [1.54, 1.807) is 17.4 Å². The Labute approximate surface area is 172 Å². The van der Waals surface area contributed by atoms with Gasteiger partial charge >= 0.3 is 0 Å². The van der Waals surface area contributed by atoms with Gasteiger partial charge in [0.05, 0.1) is 37.3 Å². The van der Waals surface area contributed by atoms with Gasteiger partial charge in [-0.2, -0.15) is 5.10 Å². The van der Waals surface area contributed by atoms with Crippen LogP contribution in [0.3, 0.4) is 0 Å². The average Bonchev–Trinajstić information content (AvgIpc) is 3.47. The summed E-state index contributed by atoms with van der Waals surface area (Å²) in [7, 11) is 1.87. The molecule has 1 aliphatic rings. The summed E-state index contributed by atoms with van der Waals surface area (Å²) in [6.07, 6.45) is 3.39. The van der Waals surface area contributed by atoms with Crippen LogP contribution < -0.4 is 5.32 Å². The van der Waals surface area contributed by atoms with Gasteiger partial charge in [0, 0.05) is 24.4 Å². The third-order valence-corrected chi connectivity index (χ3v) is 5.52. The monoisotopic (exact) mass is 400 g/mol. The highest BCUT2D eigenvalue weighted by atomic mass is 16.2. The summed E-state index contributed by atoms with van der Waals surface area (Å²) < 4.78 is 1.85. The van der Waals surface area contributed by atoms with E-state index in [0.717, 1.165) is 27.7 Å². The first kappa shape index (κ1) is 18.1. The van der Waals surface area contributed by atoms with E-state index in [4.69, 9.17) is 0 Å². The Morgan fingerprint density at radius 1 is 1.13 bits per heavy atom. The second-order valence-corrected chi connectivity index (χ2v) is 7.40. The number of nitrogens with zero attached hydrogens (tertiary/aromatic N) is 4. The van der Waals surface area contributed by atoms with Crippen molar-refractivity contribution in [1.29, 1.82) is 0 Å². The zero-order chi connectivity index (χ0) is 20.7. The summed E-state index contributed by atoms with van der Waals surface area (Å²) in [6, 6.07) is 13.6. The highest BCUT2D eigenvalue weighted by Gasteiger charge is 2.31. The summed E-state index contributed by atoms with van der Waals surface area (Å²) in [4.78, 5) is 31.7. The fourth-order valence-electron chi connectivity index (χ4n) is 3.86. The van der Waals surface area contributed by atoms with Gasteiger partial charge in [0.2, 0.25) is 0 Å². The van der Waals surface area contributed by atoms with Gasteiger partial charge in [-0.05, 0) is 16.8 Å². The smallest absolute Gasteiger partial charge is 0.272 e. The molecule has 3 heterocycles. The van der Waals surface area contributed by atoms with Gasteiger partial charge in [0.15, 0.2) is 5.69 Å². The number of imidazole rings is 1. The van der Waals surface area contributed by atoms with Crippen molar-refractivity contribution < 1.29 is 9.59 Å². The van der Waals surface area contributed by atoms with Crippen molar-refractivity contribution in [3.05, 3.63) is 83.2 Å². The summed E-state index contributed by atoms with van der Waals surface area (Å²) in [5, 5.41) is 11.9. The fraction of sp³-hybridized carbons (Fsp3) is 0.182. The van der Waals surface area contributed by atoms with E-state index in [2.05, 4.69) is 20.5 Å². The van der Waals surface area contributed by atoms with Crippen LogP contribution in [-0.4, -0.2) is 36.5 Å². The number of benzene rings is 2. The van der Waals surface area contributed by atoms with Gasteiger partial charge in [-0.15, -0.1) is 0 Å². The van der Waals surface area contributed by atoms with Crippen molar-refractivity contribution in [2.75, 3.05) is 0 Å². The predicted molar refractivity (Wildman–Crippen MR) is 110 cm³/mol. The maximum Gasteiger partial charge on any atom is 0.272 e. The van der Waals surface area contributed by atoms with Gasteiger partial charge in [0.25, 0.3) is 11.8 Å². The van der Waals surface area contributed by atoms with Crippen molar-refractivity contribution in [2.24, 2.45) is 7.05 Å². The molecule has 0 saturated heterocycles. The lowest BCUT2D eigenvalue weighted by Crippen LogP contribution is -2.28. The second kappa shape index (κ2) is 7.14. The van der Waals surface area contributed by atoms with Crippen molar-refractivity contribution in [2.45, 2.75) is 19.6 Å². The molecule has 2 aromatic heterocycles. The molecule has 8 heteroatoms. The Morgan fingerprint density at radius 2 is 1.97 bits per heavy atom. The summed E-state index contributed by atoms with van der Waals surface area (Å²) in [6.45, 7) is 1.11. The van der Waals surface area contributed by atoms with Crippen LogP contribution in [0.1, 0.15) is 37.8 Å². The third kappa shape index (κ3) is 3.02. The molecule has 0 radical (unpaired) electrons. The lowest BCUT2D eigenvalue weighted by molar-refractivity contribution is 0.0749. The molecule has 2 N–H and O–H groups in total. The third-order valence-electron chi connectivity index (χ3n) is 5.52. The van der Waals surface area contributed by atoms with E-state index in [9.17, 15) is 9.59 Å². The molecule has 5 rings (SSSR count). The van der Waals surface area contributed by atoms with Crippen molar-refractivity contribution in [3.63, 3.8) is 0 Å². The number of carbonyl (C=O) groups excluding carboxylic acids is 2. The molecule has 0 bridgehead atoms. The lowest BCUT2D eigenvalue weighted by atomic mass is 10.0. The molecule has 0 fully saturated rings. The molecule has 0 saturated carbocycles. The number of hydrogen-bond acceptors (Lipinski definition) is 4. The Bertz CT molecular complexity index is 1270. The summed E-state index contributed by atoms with van der Waals surface area (Å²) in [5.74, 6) is -0.328. The Kier molecular flexibility index (Phi) is 4.31. The number of carbonyl (C=O) groups is 2. The number of aryl methyl sites for hydroxylation is 1. The van der Waals surface area contributed by atoms with Crippen molar-refractivity contribution in [3.8, 4) is 0 Å². The van der Waals surface area contributed by atoms with Crippen molar-refractivity contribution in [1.82, 2.24) is 30.0 Å². The topological polar surface area (TPSA) is 95.9 Å². The van der Waals surface area contributed by atoms with Crippen LogP contribution in [0.2, 0.25) is 0 Å². The molecule has 150 valence electrons. The van der Waals surface area contributed by atoms with Gasteiger partial charge in [-0.25, -0.2) is 4.98 Å². The van der Waals surface area contributed by atoms with E-state index in [1.165, 1.54) is 0 Å². The number of amides is 2. The molecular weight excluding hydrogens is 380 g/mol. The number of H-pyrrole nitrogens is 1. The van der Waals surface area contributed by atoms with Crippen LogP contribution in [0.15, 0.2) is 55.0 Å². The van der Waals surface area contributed by atoms with E-state index in [1.807, 2.05) is 54.1 Å². The predicted octanol–water partition coefficient (Wildman–Crippen LogP) is 2.38. The van der Waals surface area contributed by atoms with Crippen LogP contribution in [0.5, 0.6) is 0 Å². The van der Waals surface area contributed by atoms with Crippen LogP contribution >= 0.6 is 0 Å². The van der Waals surface area contributed by atoms with Crippen LogP contribution in [0, 0.1) is 0 Å². The maximum absolute atomic E-state index is 13.2. The molecule has 4 aromatic rings. The molecule has 2 aromatic carbocycles. The Balaban J connectivity index is 1.34. The standard InChI is InChI=1S/C22H20N6O2/c1-27-13-23-9-15(27)10-24-21(29)20-18-11-28(12-19(18)25-26-20)22(30)17-8-4-6-14-5-2-3-7-16(14)17/h2-9,13H,10-12H2,1H3,(H,24,29)(H,25,26). The molecule has 1 aliphatic heterocycles. The van der Waals surface area contributed by atoms with Crippen LogP contribution in [0.25, 0.3) is 10.8 Å². The fourth-order valence-corrected chi connectivity index (χ4v) is 3.86. The maximum atomic E-state index is 13.2. The van der Waals surface area contributed by atoms with Gasteiger partial charge in [0.1, 0.15) is 0 Å². The minimum atomic E-state index is -0.270. The Hall–Kier alpha value is -3.94. The molecule has 0 unspecified atom stereocenters. The zero-order valence-electron chi connectivity index (χ0n) is 16.4. The molecule has 8 nitrogen and oxygen atoms in total. The van der Waals surface area contributed by atoms with E-state index >= 15 is 0 Å². The number of aromatic amines is 1. The molecule has 0 aliphatic carbocycles. The second-order valence-electron chi connectivity index (χ2n) is 7.40. The lowest BCUT2D eigenvalue weighted by Gasteiger charge is -2.17. The highest BCUT2D eigenvalue weighted by molar-refractivity contribution is 6.07. The molecule has 0 spiro atoms. The minimum Gasteiger partial charge on any atom is -0.345 e. The minimum absolute atomic E-state index is 0.0577. The summed E-state index contributed by atoms with van der Waals surface area (Å²) in [5.41, 5.74) is 3.46. The molecule has 0 atom stereocenters. The molecular formula is C22H20N6O2. The number of aromatic nitrogens is 4. The normalized spacial score (nSPS) is 12.9. The van der Waals surface area contributed by atoms with E-state index in [0.29, 0.717) is 30.9 Å². The highest BCUT2D eigenvalue weighted by Crippen LogP contribution is 2.27. The van der Waals surface area contributed by atoms with Crippen LogP contribution in [0.4, 0.5) is 0 Å². The number of fused-ring (bicyclic) bond motifs is 2. The van der Waals surface area contributed by atoms with Gasteiger partial charge in [-0.3, -0.25) is 14.7 Å². The first-order valence-electron chi connectivity index (χ1n) is 9.68. The van der Waals surface area contributed by atoms with Gasteiger partial charge < -0.3 is 14.8 Å². The SMILES string of the molecule is Cn1cncc1CNC(=O)c1n[nH]c2c1CN(C(=O)c1cccc3ccccc13)C2. The number of hydrogen-bond donors (Lipinski definition) is 2. The average molecular weight is 400 g/mol. The number of nitrogens with one attached hydrogen (secondary N) is 2.